The van der Waals surface area contributed by atoms with E-state index >= 15 is 0 Å². The third-order valence-corrected chi connectivity index (χ3v) is 6.81. The van der Waals surface area contributed by atoms with Gasteiger partial charge in [0, 0.05) is 28.5 Å². The third kappa shape index (κ3) is 4.31. The number of halogens is 1. The zero-order valence-corrected chi connectivity index (χ0v) is 19.6. The Kier molecular flexibility index (Phi) is 6.27. The van der Waals surface area contributed by atoms with E-state index in [1.807, 2.05) is 18.2 Å². The van der Waals surface area contributed by atoms with Crippen molar-refractivity contribution in [3.05, 3.63) is 64.6 Å². The molecule has 0 amide bonds. The van der Waals surface area contributed by atoms with Gasteiger partial charge in [0.05, 0.1) is 17.0 Å². The Labute approximate surface area is 198 Å². The summed E-state index contributed by atoms with van der Waals surface area (Å²) in [5.74, 6) is 2.40. The van der Waals surface area contributed by atoms with Gasteiger partial charge in [-0.1, -0.05) is 24.3 Å². The summed E-state index contributed by atoms with van der Waals surface area (Å²) >= 11 is 5.14. The van der Waals surface area contributed by atoms with E-state index in [0.29, 0.717) is 26.3 Å². The number of fused-ring (bicyclic) bond motifs is 2. The zero-order valence-electron chi connectivity index (χ0n) is 17.2. The standard InChI is InChI=1S/C24H22BrN3O3S/c25-19-12-15(14-26-8-9-29)4-6-20(19)27-24-18-3-1-2-17(23(18)32-28-24)16-5-7-21-22(13-16)31-11-10-30-21/h1-7,12-13,26,29H,8-11,14H2,(H,27,28). The summed E-state index contributed by atoms with van der Waals surface area (Å²) in [6.07, 6.45) is 0. The maximum atomic E-state index is 8.92. The fourth-order valence-corrected chi connectivity index (χ4v) is 5.10. The van der Waals surface area contributed by atoms with Crippen molar-refractivity contribution in [2.75, 3.05) is 31.7 Å². The summed E-state index contributed by atoms with van der Waals surface area (Å²) in [5.41, 5.74) is 4.29. The van der Waals surface area contributed by atoms with Gasteiger partial charge >= 0.3 is 0 Å². The highest BCUT2D eigenvalue weighted by Crippen LogP contribution is 2.40. The second kappa shape index (κ2) is 9.46. The fraction of sp³-hybridized carbons (Fsp3) is 0.208. The maximum Gasteiger partial charge on any atom is 0.161 e. The third-order valence-electron chi connectivity index (χ3n) is 5.26. The van der Waals surface area contributed by atoms with Crippen molar-refractivity contribution < 1.29 is 14.6 Å². The van der Waals surface area contributed by atoms with E-state index in [1.54, 1.807) is 0 Å². The monoisotopic (exact) mass is 511 g/mol. The number of nitrogens with one attached hydrogen (secondary N) is 2. The van der Waals surface area contributed by atoms with Gasteiger partial charge in [-0.15, -0.1) is 0 Å². The molecule has 3 aromatic carbocycles. The van der Waals surface area contributed by atoms with Gasteiger partial charge in [-0.25, -0.2) is 0 Å². The highest BCUT2D eigenvalue weighted by molar-refractivity contribution is 9.10. The fourth-order valence-electron chi connectivity index (χ4n) is 3.70. The van der Waals surface area contributed by atoms with E-state index in [0.717, 1.165) is 54.3 Å². The molecule has 3 N–H and O–H groups in total. The minimum Gasteiger partial charge on any atom is -0.486 e. The average Bonchev–Trinajstić information content (AvgIpc) is 3.23. The van der Waals surface area contributed by atoms with Crippen LogP contribution in [0.1, 0.15) is 5.56 Å². The number of hydrogen-bond donors (Lipinski definition) is 3. The van der Waals surface area contributed by atoms with Crippen LogP contribution in [0.5, 0.6) is 11.5 Å². The zero-order chi connectivity index (χ0) is 21.9. The van der Waals surface area contributed by atoms with Crippen molar-refractivity contribution in [3.63, 3.8) is 0 Å². The molecule has 0 radical (unpaired) electrons. The van der Waals surface area contributed by atoms with Crippen molar-refractivity contribution in [2.24, 2.45) is 0 Å². The number of aliphatic hydroxyl groups is 1. The van der Waals surface area contributed by atoms with Crippen LogP contribution in [0.2, 0.25) is 0 Å². The lowest BCUT2D eigenvalue weighted by Gasteiger charge is -2.19. The molecule has 164 valence electrons. The lowest BCUT2D eigenvalue weighted by Crippen LogP contribution is -2.17. The van der Waals surface area contributed by atoms with Crippen LogP contribution in [0.3, 0.4) is 0 Å². The van der Waals surface area contributed by atoms with Gasteiger partial charge in [0.2, 0.25) is 0 Å². The Morgan fingerprint density at radius 3 is 2.75 bits per heavy atom. The summed E-state index contributed by atoms with van der Waals surface area (Å²) in [4.78, 5) is 0. The molecule has 4 aromatic rings. The van der Waals surface area contributed by atoms with Crippen LogP contribution in [-0.4, -0.2) is 35.8 Å². The number of hydrogen-bond acceptors (Lipinski definition) is 7. The quantitative estimate of drug-likeness (QED) is 0.291. The van der Waals surface area contributed by atoms with Crippen LogP contribution in [0, 0.1) is 0 Å². The predicted octanol–water partition coefficient (Wildman–Crippen LogP) is 5.32. The van der Waals surface area contributed by atoms with Crippen molar-refractivity contribution in [1.29, 1.82) is 0 Å². The largest absolute Gasteiger partial charge is 0.486 e. The first-order valence-electron chi connectivity index (χ1n) is 10.4. The van der Waals surface area contributed by atoms with Crippen LogP contribution in [-0.2, 0) is 6.54 Å². The van der Waals surface area contributed by atoms with Crippen LogP contribution in [0.25, 0.3) is 21.2 Å². The maximum absolute atomic E-state index is 8.92. The van der Waals surface area contributed by atoms with Gasteiger partial charge in [0.25, 0.3) is 0 Å². The number of aliphatic hydroxyl groups excluding tert-OH is 1. The molecule has 6 nitrogen and oxygen atoms in total. The van der Waals surface area contributed by atoms with Gasteiger partial charge in [0.15, 0.2) is 17.3 Å². The molecular formula is C24H22BrN3O3S. The van der Waals surface area contributed by atoms with E-state index in [9.17, 15) is 0 Å². The molecule has 1 aliphatic rings. The second-order valence-electron chi connectivity index (χ2n) is 7.41. The summed E-state index contributed by atoms with van der Waals surface area (Å²) in [6, 6.07) is 18.5. The molecule has 1 aliphatic heterocycles. The molecule has 0 saturated carbocycles. The van der Waals surface area contributed by atoms with Gasteiger partial charge in [-0.05, 0) is 68.9 Å². The van der Waals surface area contributed by atoms with E-state index in [4.69, 9.17) is 19.0 Å². The van der Waals surface area contributed by atoms with Gasteiger partial charge in [-0.3, -0.25) is 0 Å². The SMILES string of the molecule is OCCNCc1ccc(Nc2nsc3c(-c4ccc5c(c4)OCCO5)cccc23)c(Br)c1. The number of aromatic nitrogens is 1. The Balaban J connectivity index is 1.42. The Bertz CT molecular complexity index is 1260. The molecule has 8 heteroatoms. The molecule has 0 atom stereocenters. The normalized spacial score (nSPS) is 12.8. The lowest BCUT2D eigenvalue weighted by atomic mass is 10.0. The molecule has 32 heavy (non-hydrogen) atoms. The molecule has 0 fully saturated rings. The van der Waals surface area contributed by atoms with Crippen LogP contribution in [0.15, 0.2) is 59.1 Å². The molecule has 0 bridgehead atoms. The summed E-state index contributed by atoms with van der Waals surface area (Å²) in [5, 5.41) is 16.6. The van der Waals surface area contributed by atoms with E-state index in [1.165, 1.54) is 11.5 Å². The number of anilines is 2. The van der Waals surface area contributed by atoms with Crippen molar-refractivity contribution >= 4 is 49.1 Å². The van der Waals surface area contributed by atoms with Crippen molar-refractivity contribution in [3.8, 4) is 22.6 Å². The van der Waals surface area contributed by atoms with Crippen molar-refractivity contribution in [2.45, 2.75) is 6.54 Å². The molecule has 0 saturated heterocycles. The molecule has 0 aliphatic carbocycles. The number of ether oxygens (including phenoxy) is 2. The highest BCUT2D eigenvalue weighted by Gasteiger charge is 2.16. The molecule has 5 rings (SSSR count). The van der Waals surface area contributed by atoms with Crippen molar-refractivity contribution in [1.82, 2.24) is 9.69 Å². The predicted molar refractivity (Wildman–Crippen MR) is 132 cm³/mol. The van der Waals surface area contributed by atoms with Gasteiger partial charge in [0.1, 0.15) is 13.2 Å². The lowest BCUT2D eigenvalue weighted by molar-refractivity contribution is 0.171. The van der Waals surface area contributed by atoms with Gasteiger partial charge in [-0.2, -0.15) is 4.37 Å². The summed E-state index contributed by atoms with van der Waals surface area (Å²) in [6.45, 7) is 2.57. The summed E-state index contributed by atoms with van der Waals surface area (Å²) < 4.78 is 18.2. The molecule has 1 aromatic heterocycles. The Hall–Kier alpha value is -2.65. The first-order chi connectivity index (χ1) is 15.7. The number of rotatable bonds is 7. The highest BCUT2D eigenvalue weighted by atomic mass is 79.9. The number of benzene rings is 3. The smallest absolute Gasteiger partial charge is 0.161 e. The van der Waals surface area contributed by atoms with Crippen LogP contribution in [0.4, 0.5) is 11.5 Å². The molecule has 2 heterocycles. The number of nitrogens with zero attached hydrogens (tertiary/aromatic N) is 1. The summed E-state index contributed by atoms with van der Waals surface area (Å²) in [7, 11) is 0. The van der Waals surface area contributed by atoms with E-state index in [-0.39, 0.29) is 6.61 Å². The minimum absolute atomic E-state index is 0.131. The molecule has 0 spiro atoms. The molecule has 0 unspecified atom stereocenters. The Morgan fingerprint density at radius 2 is 1.91 bits per heavy atom. The van der Waals surface area contributed by atoms with E-state index in [2.05, 4.69) is 63.0 Å². The van der Waals surface area contributed by atoms with Crippen LogP contribution < -0.4 is 20.1 Å². The van der Waals surface area contributed by atoms with Gasteiger partial charge < -0.3 is 25.2 Å². The second-order valence-corrected chi connectivity index (χ2v) is 9.04. The topological polar surface area (TPSA) is 75.6 Å². The first-order valence-corrected chi connectivity index (χ1v) is 11.9. The molecular weight excluding hydrogens is 490 g/mol. The minimum atomic E-state index is 0.131. The van der Waals surface area contributed by atoms with Crippen LogP contribution >= 0.6 is 27.5 Å². The van der Waals surface area contributed by atoms with E-state index < -0.39 is 0 Å². The Morgan fingerprint density at radius 1 is 1.03 bits per heavy atom. The first kappa shape index (κ1) is 21.2. The average molecular weight is 512 g/mol.